The van der Waals surface area contributed by atoms with Crippen molar-refractivity contribution in [2.75, 3.05) is 14.2 Å². The van der Waals surface area contributed by atoms with Crippen LogP contribution in [0.2, 0.25) is 0 Å². The van der Waals surface area contributed by atoms with E-state index in [0.29, 0.717) is 11.3 Å². The lowest BCUT2D eigenvalue weighted by atomic mass is 9.82. The molecule has 4 heteroatoms. The minimum atomic E-state index is -1.29. The van der Waals surface area contributed by atoms with Gasteiger partial charge in [0.05, 0.1) is 14.2 Å². The molecule has 1 N–H and O–H groups in total. The Morgan fingerprint density at radius 3 is 2.15 bits per heavy atom. The van der Waals surface area contributed by atoms with Crippen LogP contribution in [0.4, 0.5) is 0 Å². The summed E-state index contributed by atoms with van der Waals surface area (Å²) in [7, 11) is 2.85. The first-order valence-electron chi connectivity index (χ1n) is 6.97. The van der Waals surface area contributed by atoms with Gasteiger partial charge in [-0.2, -0.15) is 0 Å². The van der Waals surface area contributed by atoms with E-state index in [-0.39, 0.29) is 0 Å². The second-order valence-corrected chi connectivity index (χ2v) is 5.29. The van der Waals surface area contributed by atoms with Crippen molar-refractivity contribution in [3.63, 3.8) is 0 Å². The number of ether oxygens (including phenoxy) is 2. The zero-order chi connectivity index (χ0) is 14.9. The lowest BCUT2D eigenvalue weighted by Crippen LogP contribution is -2.19. The number of methoxy groups -OCH3 is 2. The first-order chi connectivity index (χ1) is 9.52. The van der Waals surface area contributed by atoms with E-state index < -0.39 is 12.1 Å². The summed E-state index contributed by atoms with van der Waals surface area (Å²) in [5, 5.41) is 10.3. The lowest BCUT2D eigenvalue weighted by Gasteiger charge is -2.27. The number of carbonyl (C=O) groups excluding carboxylic acids is 1. The van der Waals surface area contributed by atoms with E-state index in [9.17, 15) is 9.90 Å². The maximum atomic E-state index is 11.7. The van der Waals surface area contributed by atoms with Gasteiger partial charge in [-0.1, -0.05) is 0 Å². The molecule has 0 saturated carbocycles. The molecule has 1 unspecified atom stereocenters. The van der Waals surface area contributed by atoms with Crippen molar-refractivity contribution < 1.29 is 19.4 Å². The zero-order valence-corrected chi connectivity index (χ0v) is 12.6. The van der Waals surface area contributed by atoms with Crippen LogP contribution in [0.3, 0.4) is 0 Å². The van der Waals surface area contributed by atoms with Crippen molar-refractivity contribution >= 4 is 5.97 Å². The van der Waals surface area contributed by atoms with Crippen LogP contribution in [0.1, 0.15) is 46.8 Å². The summed E-state index contributed by atoms with van der Waals surface area (Å²) in [5.74, 6) is -0.0393. The Hall–Kier alpha value is -1.55. The van der Waals surface area contributed by atoms with Crippen molar-refractivity contribution in [3.05, 3.63) is 27.8 Å². The molecule has 0 bridgehead atoms. The Labute approximate surface area is 119 Å². The van der Waals surface area contributed by atoms with Gasteiger partial charge in [0.1, 0.15) is 5.75 Å². The normalized spacial score (nSPS) is 15.4. The highest BCUT2D eigenvalue weighted by atomic mass is 16.5. The highest BCUT2D eigenvalue weighted by molar-refractivity contribution is 5.79. The number of aliphatic hydroxyl groups excluding tert-OH is 1. The van der Waals surface area contributed by atoms with Gasteiger partial charge >= 0.3 is 5.97 Å². The number of esters is 1. The molecule has 20 heavy (non-hydrogen) atoms. The Bertz CT molecular complexity index is 534. The van der Waals surface area contributed by atoms with Crippen molar-refractivity contribution in [1.82, 2.24) is 0 Å². The van der Waals surface area contributed by atoms with Crippen molar-refractivity contribution in [2.45, 2.75) is 45.6 Å². The molecule has 0 spiro atoms. The van der Waals surface area contributed by atoms with Gasteiger partial charge in [0.25, 0.3) is 0 Å². The van der Waals surface area contributed by atoms with Crippen LogP contribution in [0.15, 0.2) is 0 Å². The molecule has 1 aliphatic carbocycles. The molecule has 0 fully saturated rings. The van der Waals surface area contributed by atoms with E-state index in [1.54, 1.807) is 7.11 Å². The minimum Gasteiger partial charge on any atom is -0.496 e. The van der Waals surface area contributed by atoms with Crippen LogP contribution < -0.4 is 4.74 Å². The molecule has 2 rings (SSSR count). The standard InChI is InChI=1S/C16H22O4/c1-9-11-7-5-6-8-12(11)10(2)15(19-3)13(9)14(17)16(18)20-4/h14,17H,5-8H2,1-4H3. The largest absolute Gasteiger partial charge is 0.496 e. The Morgan fingerprint density at radius 2 is 1.65 bits per heavy atom. The van der Waals surface area contributed by atoms with E-state index in [4.69, 9.17) is 4.74 Å². The smallest absolute Gasteiger partial charge is 0.339 e. The van der Waals surface area contributed by atoms with Gasteiger partial charge in [-0.3, -0.25) is 0 Å². The number of rotatable bonds is 3. The molecule has 1 atom stereocenters. The molecule has 0 saturated heterocycles. The van der Waals surface area contributed by atoms with Gasteiger partial charge in [-0.05, 0) is 61.8 Å². The fourth-order valence-corrected chi connectivity index (χ4v) is 3.23. The SMILES string of the molecule is COC(=O)C(O)c1c(C)c2c(c(C)c1OC)CCCC2. The number of aliphatic hydroxyl groups is 1. The quantitative estimate of drug-likeness (QED) is 0.863. The van der Waals surface area contributed by atoms with Crippen LogP contribution >= 0.6 is 0 Å². The maximum absolute atomic E-state index is 11.7. The lowest BCUT2D eigenvalue weighted by molar-refractivity contribution is -0.150. The van der Waals surface area contributed by atoms with Crippen molar-refractivity contribution in [2.24, 2.45) is 0 Å². The summed E-state index contributed by atoms with van der Waals surface area (Å²) in [5.41, 5.74) is 5.11. The van der Waals surface area contributed by atoms with E-state index in [0.717, 1.165) is 30.4 Å². The number of hydrogen-bond donors (Lipinski definition) is 1. The molecular formula is C16H22O4. The monoisotopic (exact) mass is 278 g/mol. The fraction of sp³-hybridized carbons (Fsp3) is 0.562. The molecule has 1 aromatic rings. The fourth-order valence-electron chi connectivity index (χ4n) is 3.23. The third-order valence-corrected chi connectivity index (χ3v) is 4.26. The molecule has 0 aliphatic heterocycles. The summed E-state index contributed by atoms with van der Waals surface area (Å²) >= 11 is 0. The Morgan fingerprint density at radius 1 is 1.10 bits per heavy atom. The predicted octanol–water partition coefficient (Wildman–Crippen LogP) is 2.40. The predicted molar refractivity (Wildman–Crippen MR) is 76.1 cm³/mol. The number of fused-ring (bicyclic) bond motifs is 1. The summed E-state index contributed by atoms with van der Waals surface area (Å²) in [6.07, 6.45) is 3.06. The molecule has 110 valence electrons. The highest BCUT2D eigenvalue weighted by Crippen LogP contribution is 2.40. The zero-order valence-electron chi connectivity index (χ0n) is 12.6. The average Bonchev–Trinajstić information content (AvgIpc) is 2.49. The van der Waals surface area contributed by atoms with Crippen LogP contribution in [0.25, 0.3) is 0 Å². The Kier molecular flexibility index (Phi) is 4.33. The summed E-state index contributed by atoms with van der Waals surface area (Å²) in [4.78, 5) is 11.7. The number of carbonyl (C=O) groups is 1. The van der Waals surface area contributed by atoms with Gasteiger partial charge in [-0.25, -0.2) is 4.79 Å². The van der Waals surface area contributed by atoms with Crippen LogP contribution in [0.5, 0.6) is 5.75 Å². The number of hydrogen-bond acceptors (Lipinski definition) is 4. The minimum absolute atomic E-state index is 0.553. The van der Waals surface area contributed by atoms with Crippen molar-refractivity contribution in [3.8, 4) is 5.75 Å². The topological polar surface area (TPSA) is 55.8 Å². The van der Waals surface area contributed by atoms with E-state index in [1.807, 2.05) is 13.8 Å². The summed E-state index contributed by atoms with van der Waals surface area (Å²) in [6.45, 7) is 3.95. The average molecular weight is 278 g/mol. The van der Waals surface area contributed by atoms with E-state index in [1.165, 1.54) is 24.7 Å². The third kappa shape index (κ3) is 2.29. The molecule has 1 aromatic carbocycles. The van der Waals surface area contributed by atoms with Crippen LogP contribution in [-0.2, 0) is 22.4 Å². The van der Waals surface area contributed by atoms with Gasteiger partial charge in [-0.15, -0.1) is 0 Å². The van der Waals surface area contributed by atoms with Crippen molar-refractivity contribution in [1.29, 1.82) is 0 Å². The van der Waals surface area contributed by atoms with Crippen LogP contribution in [0, 0.1) is 13.8 Å². The summed E-state index contributed by atoms with van der Waals surface area (Å²) < 4.78 is 10.1. The molecule has 0 heterocycles. The van der Waals surface area contributed by atoms with Gasteiger partial charge in [0.2, 0.25) is 0 Å². The van der Waals surface area contributed by atoms with Gasteiger partial charge < -0.3 is 14.6 Å². The highest BCUT2D eigenvalue weighted by Gasteiger charge is 2.29. The maximum Gasteiger partial charge on any atom is 0.339 e. The molecule has 0 amide bonds. The van der Waals surface area contributed by atoms with E-state index >= 15 is 0 Å². The summed E-state index contributed by atoms with van der Waals surface area (Å²) in [6, 6.07) is 0. The molecule has 4 nitrogen and oxygen atoms in total. The van der Waals surface area contributed by atoms with Gasteiger partial charge in [0, 0.05) is 5.56 Å². The number of benzene rings is 1. The third-order valence-electron chi connectivity index (χ3n) is 4.26. The second kappa shape index (κ2) is 5.83. The van der Waals surface area contributed by atoms with Crippen LogP contribution in [-0.4, -0.2) is 25.3 Å². The first-order valence-corrected chi connectivity index (χ1v) is 6.97. The molecule has 0 aromatic heterocycles. The van der Waals surface area contributed by atoms with E-state index in [2.05, 4.69) is 4.74 Å². The molecular weight excluding hydrogens is 256 g/mol. The molecule has 1 aliphatic rings. The second-order valence-electron chi connectivity index (χ2n) is 5.29. The first kappa shape index (κ1) is 14.9. The molecule has 0 radical (unpaired) electrons. The Balaban J connectivity index is 2.66. The van der Waals surface area contributed by atoms with Gasteiger partial charge in [0.15, 0.2) is 6.10 Å².